The second-order valence-electron chi connectivity index (χ2n) is 9.58. The van der Waals surface area contributed by atoms with Crippen molar-refractivity contribution in [1.29, 1.82) is 0 Å². The van der Waals surface area contributed by atoms with Crippen molar-refractivity contribution in [3.8, 4) is 39.4 Å². The lowest BCUT2D eigenvalue weighted by molar-refractivity contribution is -0.134. The number of carbonyl (C=O) groups is 2. The summed E-state index contributed by atoms with van der Waals surface area (Å²) in [7, 11) is 4.61. The van der Waals surface area contributed by atoms with Gasteiger partial charge in [0.2, 0.25) is 23.4 Å². The SMILES string of the molecule is COc1cc(Nc2nc(N)c(-c3nc(-c4cc(NC(=O)[C@H]5CCCN5C(C)=O)ccc4C)no3)s2)cc(OC)c1OC. The van der Waals surface area contributed by atoms with Gasteiger partial charge in [0, 0.05) is 42.5 Å². The van der Waals surface area contributed by atoms with Crippen molar-refractivity contribution in [1.82, 2.24) is 20.0 Å². The van der Waals surface area contributed by atoms with E-state index in [2.05, 4.69) is 25.8 Å². The van der Waals surface area contributed by atoms with Gasteiger partial charge >= 0.3 is 0 Å². The van der Waals surface area contributed by atoms with Crippen molar-refractivity contribution in [2.45, 2.75) is 32.7 Å². The Morgan fingerprint density at radius 1 is 1.07 bits per heavy atom. The monoisotopic (exact) mass is 593 g/mol. The first-order valence-electron chi connectivity index (χ1n) is 13.1. The smallest absolute Gasteiger partial charge is 0.272 e. The van der Waals surface area contributed by atoms with Crippen LogP contribution in [0.5, 0.6) is 17.2 Å². The molecule has 13 nitrogen and oxygen atoms in total. The number of carbonyl (C=O) groups excluding carboxylic acids is 2. The Morgan fingerprint density at radius 3 is 2.48 bits per heavy atom. The van der Waals surface area contributed by atoms with Crippen LogP contribution in [0.1, 0.15) is 25.3 Å². The van der Waals surface area contributed by atoms with E-state index in [1.807, 2.05) is 13.0 Å². The average molecular weight is 594 g/mol. The highest BCUT2D eigenvalue weighted by Gasteiger charge is 2.32. The van der Waals surface area contributed by atoms with Crippen molar-refractivity contribution < 1.29 is 28.3 Å². The third kappa shape index (κ3) is 5.65. The van der Waals surface area contributed by atoms with Crippen LogP contribution in [0.15, 0.2) is 34.9 Å². The standard InChI is InChI=1S/C28H31N7O6S/c1-14-8-9-16(30-26(37)19-7-6-10-35(19)15(2)36)11-18(14)25-33-27(41-34-25)23-24(29)32-28(42-23)31-17-12-20(38-3)22(40-5)21(13-17)39-4/h8-9,11-13,19H,6-7,10,29H2,1-5H3,(H,30,37)(H,31,32)/t19-/m1/s1. The molecule has 220 valence electrons. The van der Waals surface area contributed by atoms with E-state index < -0.39 is 6.04 Å². The summed E-state index contributed by atoms with van der Waals surface area (Å²) in [5.41, 5.74) is 8.99. The lowest BCUT2D eigenvalue weighted by atomic mass is 10.1. The van der Waals surface area contributed by atoms with Gasteiger partial charge in [-0.15, -0.1) is 0 Å². The van der Waals surface area contributed by atoms with Gasteiger partial charge in [0.25, 0.3) is 5.89 Å². The molecule has 14 heteroatoms. The number of aryl methyl sites for hydroxylation is 1. The van der Waals surface area contributed by atoms with E-state index in [0.717, 1.165) is 12.0 Å². The van der Waals surface area contributed by atoms with Crippen LogP contribution in [0.4, 0.5) is 22.3 Å². The lowest BCUT2D eigenvalue weighted by Crippen LogP contribution is -2.42. The van der Waals surface area contributed by atoms with Crippen LogP contribution in [-0.2, 0) is 9.59 Å². The molecule has 0 spiro atoms. The summed E-state index contributed by atoms with van der Waals surface area (Å²) in [6.07, 6.45) is 1.42. The van der Waals surface area contributed by atoms with Gasteiger partial charge in [-0.3, -0.25) is 9.59 Å². The van der Waals surface area contributed by atoms with Gasteiger partial charge in [-0.05, 0) is 37.5 Å². The number of nitrogens with two attached hydrogens (primary N) is 1. The van der Waals surface area contributed by atoms with E-state index in [4.69, 9.17) is 24.5 Å². The molecule has 4 aromatic rings. The number of nitrogen functional groups attached to an aromatic ring is 1. The molecule has 3 heterocycles. The van der Waals surface area contributed by atoms with E-state index in [0.29, 0.717) is 63.0 Å². The molecule has 2 amide bonds. The fourth-order valence-electron chi connectivity index (χ4n) is 4.82. The molecule has 0 saturated carbocycles. The van der Waals surface area contributed by atoms with Crippen molar-refractivity contribution in [2.24, 2.45) is 0 Å². The zero-order valence-corrected chi connectivity index (χ0v) is 24.6. The first kappa shape index (κ1) is 28.7. The van der Waals surface area contributed by atoms with Crippen LogP contribution in [0.25, 0.3) is 22.2 Å². The number of ether oxygens (including phenoxy) is 3. The fraction of sp³-hybridized carbons (Fsp3) is 0.321. The number of anilines is 4. The van der Waals surface area contributed by atoms with Gasteiger partial charge in [0.15, 0.2) is 16.6 Å². The van der Waals surface area contributed by atoms with Gasteiger partial charge in [0.05, 0.1) is 21.3 Å². The minimum atomic E-state index is -0.485. The van der Waals surface area contributed by atoms with Crippen LogP contribution < -0.4 is 30.6 Å². The molecule has 1 saturated heterocycles. The number of benzene rings is 2. The van der Waals surface area contributed by atoms with Gasteiger partial charge in [-0.2, -0.15) is 4.98 Å². The van der Waals surface area contributed by atoms with Crippen LogP contribution in [0.2, 0.25) is 0 Å². The van der Waals surface area contributed by atoms with E-state index in [-0.39, 0.29) is 23.5 Å². The molecular weight excluding hydrogens is 562 g/mol. The van der Waals surface area contributed by atoms with Crippen molar-refractivity contribution >= 4 is 45.5 Å². The predicted octanol–water partition coefficient (Wildman–Crippen LogP) is 4.47. The Balaban J connectivity index is 1.36. The number of hydrogen-bond acceptors (Lipinski definition) is 12. The lowest BCUT2D eigenvalue weighted by Gasteiger charge is -2.22. The number of amides is 2. The van der Waals surface area contributed by atoms with Gasteiger partial charge < -0.3 is 40.0 Å². The third-order valence-electron chi connectivity index (χ3n) is 6.90. The minimum absolute atomic E-state index is 0.110. The van der Waals surface area contributed by atoms with Crippen molar-refractivity contribution in [3.05, 3.63) is 35.9 Å². The van der Waals surface area contributed by atoms with Crippen molar-refractivity contribution in [3.63, 3.8) is 0 Å². The second kappa shape index (κ2) is 11.9. The first-order chi connectivity index (χ1) is 20.2. The Morgan fingerprint density at radius 2 is 1.81 bits per heavy atom. The molecule has 0 unspecified atom stereocenters. The second-order valence-corrected chi connectivity index (χ2v) is 10.6. The number of hydrogen-bond donors (Lipinski definition) is 3. The van der Waals surface area contributed by atoms with E-state index in [1.54, 1.807) is 29.2 Å². The number of likely N-dealkylation sites (tertiary alicyclic amines) is 1. The average Bonchev–Trinajstić information content (AvgIpc) is 3.73. The van der Waals surface area contributed by atoms with Crippen LogP contribution in [0, 0.1) is 6.92 Å². The largest absolute Gasteiger partial charge is 0.493 e. The maximum atomic E-state index is 12.9. The van der Waals surface area contributed by atoms with Gasteiger partial charge in [-0.1, -0.05) is 22.6 Å². The maximum Gasteiger partial charge on any atom is 0.272 e. The normalized spacial score (nSPS) is 14.5. The quantitative estimate of drug-likeness (QED) is 0.250. The van der Waals surface area contributed by atoms with E-state index in [1.165, 1.54) is 39.6 Å². The molecule has 2 aromatic heterocycles. The Kier molecular flexibility index (Phi) is 8.15. The Labute approximate surface area is 246 Å². The predicted molar refractivity (Wildman–Crippen MR) is 158 cm³/mol. The summed E-state index contributed by atoms with van der Waals surface area (Å²) in [6.45, 7) is 3.97. The molecule has 0 radical (unpaired) electrons. The summed E-state index contributed by atoms with van der Waals surface area (Å²) in [4.78, 5) is 35.9. The summed E-state index contributed by atoms with van der Waals surface area (Å²) in [5, 5.41) is 10.8. The Bertz CT molecular complexity index is 1610. The molecule has 1 aliphatic heterocycles. The molecule has 5 rings (SSSR count). The molecule has 1 atom stereocenters. The van der Waals surface area contributed by atoms with Crippen LogP contribution in [0.3, 0.4) is 0 Å². The van der Waals surface area contributed by atoms with E-state index in [9.17, 15) is 9.59 Å². The fourth-order valence-corrected chi connectivity index (χ4v) is 5.65. The number of aromatic nitrogens is 3. The number of rotatable bonds is 9. The van der Waals surface area contributed by atoms with Gasteiger partial charge in [0.1, 0.15) is 16.7 Å². The number of nitrogens with zero attached hydrogens (tertiary/aromatic N) is 4. The summed E-state index contributed by atoms with van der Waals surface area (Å²) >= 11 is 1.24. The third-order valence-corrected chi connectivity index (χ3v) is 7.87. The number of thiazole rings is 1. The summed E-state index contributed by atoms with van der Waals surface area (Å²) in [5.74, 6) is 1.86. The number of nitrogens with one attached hydrogen (secondary N) is 2. The van der Waals surface area contributed by atoms with Gasteiger partial charge in [-0.25, -0.2) is 4.98 Å². The molecule has 1 aliphatic rings. The van der Waals surface area contributed by atoms with Crippen LogP contribution >= 0.6 is 11.3 Å². The summed E-state index contributed by atoms with van der Waals surface area (Å²) in [6, 6.07) is 8.46. The highest BCUT2D eigenvalue weighted by atomic mass is 32.1. The first-order valence-corrected chi connectivity index (χ1v) is 13.9. The molecule has 42 heavy (non-hydrogen) atoms. The molecule has 0 bridgehead atoms. The zero-order valence-electron chi connectivity index (χ0n) is 23.8. The van der Waals surface area contributed by atoms with E-state index >= 15 is 0 Å². The van der Waals surface area contributed by atoms with Crippen molar-refractivity contribution in [2.75, 3.05) is 44.2 Å². The Hall–Kier alpha value is -4.85. The highest BCUT2D eigenvalue weighted by Crippen LogP contribution is 2.42. The molecular formula is C28H31N7O6S. The molecule has 0 aliphatic carbocycles. The zero-order chi connectivity index (χ0) is 30.0. The van der Waals surface area contributed by atoms with Crippen LogP contribution in [-0.4, -0.2) is 65.8 Å². The molecule has 4 N–H and O–H groups in total. The maximum absolute atomic E-state index is 12.9. The molecule has 1 fully saturated rings. The minimum Gasteiger partial charge on any atom is -0.493 e. The number of methoxy groups -OCH3 is 3. The highest BCUT2D eigenvalue weighted by molar-refractivity contribution is 7.19. The molecule has 2 aromatic carbocycles. The summed E-state index contributed by atoms with van der Waals surface area (Å²) < 4.78 is 21.8. The topological polar surface area (TPSA) is 167 Å².